The number of aliphatic hydroxyl groups excluding tert-OH is 1. The van der Waals surface area contributed by atoms with Gasteiger partial charge in [0.1, 0.15) is 18.5 Å². The van der Waals surface area contributed by atoms with E-state index in [-0.39, 0.29) is 25.4 Å². The molecule has 0 saturated carbocycles. The van der Waals surface area contributed by atoms with Gasteiger partial charge in [0.05, 0.1) is 12.7 Å². The average Bonchev–Trinajstić information content (AvgIpc) is 2.34. The highest BCUT2D eigenvalue weighted by Gasteiger charge is 2.12. The molecule has 0 bridgehead atoms. The highest BCUT2D eigenvalue weighted by atomic mass is 79.9. The van der Waals surface area contributed by atoms with Crippen LogP contribution < -0.4 is 10.5 Å². The molecule has 0 radical (unpaired) electrons. The summed E-state index contributed by atoms with van der Waals surface area (Å²) in [4.78, 5) is 0. The van der Waals surface area contributed by atoms with E-state index in [1.807, 2.05) is 39.0 Å². The molecule has 0 aliphatic heterocycles. The van der Waals surface area contributed by atoms with Crippen molar-refractivity contribution in [3.8, 4) is 5.75 Å². The number of benzene rings is 1. The van der Waals surface area contributed by atoms with Gasteiger partial charge in [-0.3, -0.25) is 0 Å². The minimum Gasteiger partial charge on any atom is -0.490 e. The zero-order chi connectivity index (χ0) is 14.4. The van der Waals surface area contributed by atoms with Crippen molar-refractivity contribution >= 4 is 15.9 Å². The second-order valence-electron chi connectivity index (χ2n) is 4.82. The predicted molar refractivity (Wildman–Crippen MR) is 79.3 cm³/mol. The van der Waals surface area contributed by atoms with E-state index in [0.717, 1.165) is 10.0 Å². The maximum absolute atomic E-state index is 9.75. The van der Waals surface area contributed by atoms with Gasteiger partial charge >= 0.3 is 0 Å². The smallest absolute Gasteiger partial charge is 0.124 e. The number of nitrogens with two attached hydrogens (primary N) is 1. The van der Waals surface area contributed by atoms with E-state index < -0.39 is 6.10 Å². The fourth-order valence-electron chi connectivity index (χ4n) is 1.54. The van der Waals surface area contributed by atoms with Crippen LogP contribution in [0.2, 0.25) is 0 Å². The molecule has 1 aromatic carbocycles. The van der Waals surface area contributed by atoms with Gasteiger partial charge in [0.2, 0.25) is 0 Å². The van der Waals surface area contributed by atoms with Crippen LogP contribution in [0.5, 0.6) is 5.75 Å². The van der Waals surface area contributed by atoms with Gasteiger partial charge in [0, 0.05) is 16.1 Å². The lowest BCUT2D eigenvalue weighted by Crippen LogP contribution is -2.25. The first-order valence-electron chi connectivity index (χ1n) is 6.37. The quantitative estimate of drug-likeness (QED) is 0.806. The van der Waals surface area contributed by atoms with Gasteiger partial charge in [-0.05, 0) is 39.0 Å². The lowest BCUT2D eigenvalue weighted by atomic mass is 10.1. The third kappa shape index (κ3) is 5.91. The zero-order valence-corrected chi connectivity index (χ0v) is 13.2. The largest absolute Gasteiger partial charge is 0.490 e. The number of hydrogen-bond acceptors (Lipinski definition) is 4. The van der Waals surface area contributed by atoms with Gasteiger partial charge in [0.15, 0.2) is 0 Å². The average molecular weight is 332 g/mol. The Labute approximate surface area is 123 Å². The monoisotopic (exact) mass is 331 g/mol. The number of halogens is 1. The van der Waals surface area contributed by atoms with E-state index in [0.29, 0.717) is 5.75 Å². The molecule has 0 aliphatic rings. The molecule has 108 valence electrons. The molecule has 0 spiro atoms. The fourth-order valence-corrected chi connectivity index (χ4v) is 1.92. The second-order valence-corrected chi connectivity index (χ2v) is 5.73. The SMILES string of the molecule is CC(C)OCC(O)COc1ccc(Br)cc1[C@@H](C)N. The summed E-state index contributed by atoms with van der Waals surface area (Å²) in [5, 5.41) is 9.75. The Morgan fingerprint density at radius 1 is 1.26 bits per heavy atom. The Balaban J connectivity index is 2.57. The van der Waals surface area contributed by atoms with Crippen molar-refractivity contribution in [3.05, 3.63) is 28.2 Å². The Morgan fingerprint density at radius 2 is 1.95 bits per heavy atom. The summed E-state index contributed by atoms with van der Waals surface area (Å²) in [7, 11) is 0. The molecule has 3 N–H and O–H groups in total. The van der Waals surface area contributed by atoms with E-state index in [1.165, 1.54) is 0 Å². The van der Waals surface area contributed by atoms with Crippen LogP contribution in [0.15, 0.2) is 22.7 Å². The standard InChI is InChI=1S/C14H22BrNO3/c1-9(2)18-7-12(17)8-19-14-5-4-11(15)6-13(14)10(3)16/h4-6,9-10,12,17H,7-8,16H2,1-3H3/t10-,12?/m1/s1. The van der Waals surface area contributed by atoms with Gasteiger partial charge in [0.25, 0.3) is 0 Å². The van der Waals surface area contributed by atoms with Gasteiger partial charge in [-0.15, -0.1) is 0 Å². The van der Waals surface area contributed by atoms with E-state index in [9.17, 15) is 5.11 Å². The minimum atomic E-state index is -0.646. The molecule has 1 unspecified atom stereocenters. The van der Waals surface area contributed by atoms with E-state index in [4.69, 9.17) is 15.2 Å². The number of rotatable bonds is 7. The second kappa shape index (κ2) is 7.85. The van der Waals surface area contributed by atoms with Crippen LogP contribution in [0.1, 0.15) is 32.4 Å². The Kier molecular flexibility index (Phi) is 6.79. The van der Waals surface area contributed by atoms with Crippen LogP contribution in [-0.4, -0.2) is 30.5 Å². The van der Waals surface area contributed by atoms with Gasteiger partial charge in [-0.25, -0.2) is 0 Å². The molecule has 0 aliphatic carbocycles. The first-order chi connectivity index (χ1) is 8.90. The first kappa shape index (κ1) is 16.4. The van der Waals surface area contributed by atoms with E-state index in [1.54, 1.807) is 0 Å². The highest BCUT2D eigenvalue weighted by molar-refractivity contribution is 9.10. The van der Waals surface area contributed by atoms with Crippen LogP contribution in [0.3, 0.4) is 0 Å². The molecule has 2 atom stereocenters. The lowest BCUT2D eigenvalue weighted by molar-refractivity contribution is -0.0124. The maximum Gasteiger partial charge on any atom is 0.124 e. The van der Waals surface area contributed by atoms with Crippen molar-refractivity contribution in [2.45, 2.75) is 39.0 Å². The molecule has 0 fully saturated rings. The third-order valence-corrected chi connectivity index (χ3v) is 3.01. The van der Waals surface area contributed by atoms with Crippen molar-refractivity contribution in [1.82, 2.24) is 0 Å². The maximum atomic E-state index is 9.75. The van der Waals surface area contributed by atoms with E-state index in [2.05, 4.69) is 15.9 Å². The van der Waals surface area contributed by atoms with Crippen LogP contribution in [-0.2, 0) is 4.74 Å². The fraction of sp³-hybridized carbons (Fsp3) is 0.571. The Bertz CT molecular complexity index is 396. The summed E-state index contributed by atoms with van der Waals surface area (Å²) in [5.41, 5.74) is 6.81. The van der Waals surface area contributed by atoms with Gasteiger partial charge in [-0.1, -0.05) is 15.9 Å². The van der Waals surface area contributed by atoms with E-state index >= 15 is 0 Å². The van der Waals surface area contributed by atoms with Crippen molar-refractivity contribution in [2.24, 2.45) is 5.73 Å². The summed E-state index contributed by atoms with van der Waals surface area (Å²) in [6.07, 6.45) is -0.547. The number of ether oxygens (including phenoxy) is 2. The lowest BCUT2D eigenvalue weighted by Gasteiger charge is -2.17. The molecule has 19 heavy (non-hydrogen) atoms. The minimum absolute atomic E-state index is 0.0990. The molecular formula is C14H22BrNO3. The summed E-state index contributed by atoms with van der Waals surface area (Å²) < 4.78 is 11.9. The van der Waals surface area contributed by atoms with Crippen molar-refractivity contribution in [3.63, 3.8) is 0 Å². The molecule has 0 heterocycles. The highest BCUT2D eigenvalue weighted by Crippen LogP contribution is 2.27. The Hall–Kier alpha value is -0.620. The third-order valence-electron chi connectivity index (χ3n) is 2.52. The molecule has 4 nitrogen and oxygen atoms in total. The van der Waals surface area contributed by atoms with Crippen LogP contribution >= 0.6 is 15.9 Å². The summed E-state index contributed by atoms with van der Waals surface area (Å²) in [6, 6.07) is 5.53. The molecular weight excluding hydrogens is 310 g/mol. The molecule has 0 saturated heterocycles. The molecule has 1 rings (SSSR count). The molecule has 0 amide bonds. The summed E-state index contributed by atoms with van der Waals surface area (Å²) in [6.45, 7) is 6.20. The molecule has 1 aromatic rings. The molecule has 0 aromatic heterocycles. The van der Waals surface area contributed by atoms with Crippen molar-refractivity contribution in [1.29, 1.82) is 0 Å². The van der Waals surface area contributed by atoms with Crippen LogP contribution in [0.25, 0.3) is 0 Å². The topological polar surface area (TPSA) is 64.7 Å². The van der Waals surface area contributed by atoms with Gasteiger partial charge in [-0.2, -0.15) is 0 Å². The summed E-state index contributed by atoms with van der Waals surface area (Å²) in [5.74, 6) is 0.696. The van der Waals surface area contributed by atoms with Crippen molar-refractivity contribution in [2.75, 3.05) is 13.2 Å². The van der Waals surface area contributed by atoms with Crippen LogP contribution in [0.4, 0.5) is 0 Å². The Morgan fingerprint density at radius 3 is 2.53 bits per heavy atom. The number of aliphatic hydroxyl groups is 1. The normalized spacial score (nSPS) is 14.5. The predicted octanol–water partition coefficient (Wildman–Crippen LogP) is 2.63. The van der Waals surface area contributed by atoms with Gasteiger partial charge < -0.3 is 20.3 Å². The number of hydrogen-bond donors (Lipinski definition) is 2. The summed E-state index contributed by atoms with van der Waals surface area (Å²) >= 11 is 3.40. The first-order valence-corrected chi connectivity index (χ1v) is 7.17. The van der Waals surface area contributed by atoms with Crippen molar-refractivity contribution < 1.29 is 14.6 Å². The molecule has 5 heteroatoms. The zero-order valence-electron chi connectivity index (χ0n) is 11.6. The van der Waals surface area contributed by atoms with Crippen LogP contribution in [0, 0.1) is 0 Å².